The van der Waals surface area contributed by atoms with Crippen LogP contribution in [0.3, 0.4) is 0 Å². The van der Waals surface area contributed by atoms with Gasteiger partial charge in [0.15, 0.2) is 9.84 Å². The number of urea groups is 1. The number of amides is 2. The monoisotopic (exact) mass is 321 g/mol. The van der Waals surface area contributed by atoms with Crippen molar-refractivity contribution in [1.29, 1.82) is 0 Å². The molecule has 0 aromatic rings. The van der Waals surface area contributed by atoms with Crippen LogP contribution in [-0.4, -0.2) is 86.1 Å². The minimum absolute atomic E-state index is 0.0286. The Balaban J connectivity index is 2.73. The third kappa shape index (κ3) is 5.88. The van der Waals surface area contributed by atoms with Crippen LogP contribution in [0.2, 0.25) is 0 Å². The number of nitrogens with zero attached hydrogens (tertiary/aromatic N) is 2. The standard InChI is InChI=1S/C12H23N3O5S/c1-9(7-14(2)3)13-12(18)15-4-5-21(19,20)8-10(15)6-11(16)17/h9-10H,4-8H2,1-3H3,(H,13,18)(H,16,17). The molecule has 0 aromatic carbocycles. The Hall–Kier alpha value is -1.35. The molecule has 0 spiro atoms. The van der Waals surface area contributed by atoms with Gasteiger partial charge in [-0.1, -0.05) is 0 Å². The molecule has 1 rings (SSSR count). The maximum absolute atomic E-state index is 12.2. The van der Waals surface area contributed by atoms with Gasteiger partial charge in [0, 0.05) is 19.1 Å². The number of rotatable bonds is 5. The molecule has 1 heterocycles. The van der Waals surface area contributed by atoms with E-state index in [0.29, 0.717) is 6.54 Å². The van der Waals surface area contributed by atoms with Crippen molar-refractivity contribution in [3.05, 3.63) is 0 Å². The molecule has 1 aliphatic heterocycles. The van der Waals surface area contributed by atoms with E-state index in [1.165, 1.54) is 4.90 Å². The molecular weight excluding hydrogens is 298 g/mol. The maximum Gasteiger partial charge on any atom is 0.317 e. The van der Waals surface area contributed by atoms with Crippen LogP contribution < -0.4 is 5.32 Å². The molecule has 2 atom stereocenters. The second-order valence-corrected chi connectivity index (χ2v) is 7.90. The van der Waals surface area contributed by atoms with Gasteiger partial charge in [0.05, 0.1) is 24.0 Å². The third-order valence-electron chi connectivity index (χ3n) is 3.21. The number of carbonyl (C=O) groups excluding carboxylic acids is 1. The van der Waals surface area contributed by atoms with Crippen molar-refractivity contribution in [2.45, 2.75) is 25.4 Å². The maximum atomic E-state index is 12.2. The topological polar surface area (TPSA) is 107 Å². The summed E-state index contributed by atoms with van der Waals surface area (Å²) in [4.78, 5) is 26.3. The van der Waals surface area contributed by atoms with E-state index < -0.39 is 27.9 Å². The first kappa shape index (κ1) is 17.7. The van der Waals surface area contributed by atoms with Crippen molar-refractivity contribution in [3.63, 3.8) is 0 Å². The minimum Gasteiger partial charge on any atom is -0.481 e. The van der Waals surface area contributed by atoms with E-state index in [0.717, 1.165) is 0 Å². The zero-order valence-corrected chi connectivity index (χ0v) is 13.4. The van der Waals surface area contributed by atoms with E-state index in [2.05, 4.69) is 5.32 Å². The first-order valence-electron chi connectivity index (χ1n) is 6.75. The summed E-state index contributed by atoms with van der Waals surface area (Å²) in [7, 11) is 0.472. The van der Waals surface area contributed by atoms with Crippen molar-refractivity contribution in [2.24, 2.45) is 0 Å². The fraction of sp³-hybridized carbons (Fsp3) is 0.833. The highest BCUT2D eigenvalue weighted by molar-refractivity contribution is 7.91. The molecule has 122 valence electrons. The molecule has 1 aliphatic rings. The van der Waals surface area contributed by atoms with E-state index in [1.807, 2.05) is 25.9 Å². The summed E-state index contributed by atoms with van der Waals surface area (Å²) in [5.74, 6) is -1.54. The van der Waals surface area contributed by atoms with Gasteiger partial charge in [0.2, 0.25) is 0 Å². The van der Waals surface area contributed by atoms with Crippen molar-refractivity contribution >= 4 is 21.8 Å². The summed E-state index contributed by atoms with van der Waals surface area (Å²) >= 11 is 0. The molecule has 1 saturated heterocycles. The molecule has 8 nitrogen and oxygen atoms in total. The first-order chi connectivity index (χ1) is 9.60. The molecule has 0 radical (unpaired) electrons. The van der Waals surface area contributed by atoms with Gasteiger partial charge in [-0.2, -0.15) is 0 Å². The molecule has 21 heavy (non-hydrogen) atoms. The van der Waals surface area contributed by atoms with Gasteiger partial charge >= 0.3 is 12.0 Å². The van der Waals surface area contributed by atoms with Crippen LogP contribution in [0.15, 0.2) is 0 Å². The van der Waals surface area contributed by atoms with Crippen LogP contribution in [0.25, 0.3) is 0 Å². The Kier molecular flexibility index (Phi) is 5.97. The molecule has 0 aliphatic carbocycles. The highest BCUT2D eigenvalue weighted by Gasteiger charge is 2.35. The molecule has 0 aromatic heterocycles. The van der Waals surface area contributed by atoms with Crippen molar-refractivity contribution in [3.8, 4) is 0 Å². The summed E-state index contributed by atoms with van der Waals surface area (Å²) in [6.07, 6.45) is -0.366. The lowest BCUT2D eigenvalue weighted by Gasteiger charge is -2.35. The number of sulfone groups is 1. The second-order valence-electron chi connectivity index (χ2n) is 5.67. The smallest absolute Gasteiger partial charge is 0.317 e. The zero-order valence-electron chi connectivity index (χ0n) is 12.6. The van der Waals surface area contributed by atoms with Gasteiger partial charge in [0.1, 0.15) is 0 Å². The van der Waals surface area contributed by atoms with E-state index >= 15 is 0 Å². The van der Waals surface area contributed by atoms with Gasteiger partial charge in [-0.15, -0.1) is 0 Å². The number of carboxylic acid groups (broad SMARTS) is 1. The molecule has 2 N–H and O–H groups in total. The molecule has 2 amide bonds. The average molecular weight is 321 g/mol. The minimum atomic E-state index is -3.28. The van der Waals surface area contributed by atoms with Crippen LogP contribution in [0.4, 0.5) is 4.79 Å². The van der Waals surface area contributed by atoms with Crippen LogP contribution >= 0.6 is 0 Å². The Morgan fingerprint density at radius 1 is 1.43 bits per heavy atom. The Morgan fingerprint density at radius 2 is 2.05 bits per heavy atom. The number of carboxylic acids is 1. The fourth-order valence-electron chi connectivity index (χ4n) is 2.41. The Labute approximate surface area is 125 Å². The number of hydrogen-bond donors (Lipinski definition) is 2. The van der Waals surface area contributed by atoms with Gasteiger partial charge in [-0.25, -0.2) is 13.2 Å². The quantitative estimate of drug-likeness (QED) is 0.688. The third-order valence-corrected chi connectivity index (χ3v) is 4.91. The lowest BCUT2D eigenvalue weighted by atomic mass is 10.2. The normalized spacial score (nSPS) is 22.9. The number of nitrogens with one attached hydrogen (secondary N) is 1. The van der Waals surface area contributed by atoms with Crippen LogP contribution in [0.5, 0.6) is 0 Å². The lowest BCUT2D eigenvalue weighted by Crippen LogP contribution is -2.57. The van der Waals surface area contributed by atoms with Crippen LogP contribution in [-0.2, 0) is 14.6 Å². The van der Waals surface area contributed by atoms with Gasteiger partial charge in [-0.3, -0.25) is 4.79 Å². The number of aliphatic carboxylic acids is 1. The number of carbonyl (C=O) groups is 2. The molecule has 0 bridgehead atoms. The summed E-state index contributed by atoms with van der Waals surface area (Å²) < 4.78 is 23.2. The highest BCUT2D eigenvalue weighted by atomic mass is 32.2. The summed E-state index contributed by atoms with van der Waals surface area (Å²) in [6.45, 7) is 2.51. The van der Waals surface area contributed by atoms with Gasteiger partial charge in [0.25, 0.3) is 0 Å². The average Bonchev–Trinajstić information content (AvgIpc) is 2.24. The van der Waals surface area contributed by atoms with Crippen molar-refractivity contribution in [2.75, 3.05) is 38.7 Å². The SMILES string of the molecule is CC(CN(C)C)NC(=O)N1CCS(=O)(=O)CC1CC(=O)O. The first-order valence-corrected chi connectivity index (χ1v) is 8.57. The van der Waals surface area contributed by atoms with Crippen molar-refractivity contribution < 1.29 is 23.1 Å². The molecule has 1 fully saturated rings. The largest absolute Gasteiger partial charge is 0.481 e. The molecule has 2 unspecified atom stereocenters. The van der Waals surface area contributed by atoms with Crippen LogP contribution in [0.1, 0.15) is 13.3 Å². The number of likely N-dealkylation sites (N-methyl/N-ethyl adjacent to an activating group) is 1. The Bertz CT molecular complexity index is 491. The van der Waals surface area contributed by atoms with Crippen LogP contribution in [0, 0.1) is 0 Å². The second kappa shape index (κ2) is 7.08. The molecular formula is C12H23N3O5S. The zero-order chi connectivity index (χ0) is 16.2. The lowest BCUT2D eigenvalue weighted by molar-refractivity contribution is -0.138. The predicted molar refractivity (Wildman–Crippen MR) is 77.9 cm³/mol. The van der Waals surface area contributed by atoms with Crippen molar-refractivity contribution in [1.82, 2.24) is 15.1 Å². The van der Waals surface area contributed by atoms with E-state index in [9.17, 15) is 18.0 Å². The van der Waals surface area contributed by atoms with Gasteiger partial charge < -0.3 is 20.2 Å². The number of hydrogen-bond acceptors (Lipinski definition) is 5. The predicted octanol–water partition coefficient (Wildman–Crippen LogP) is -0.780. The van der Waals surface area contributed by atoms with Gasteiger partial charge in [-0.05, 0) is 21.0 Å². The van der Waals surface area contributed by atoms with E-state index in [4.69, 9.17) is 5.11 Å². The summed E-state index contributed by atoms with van der Waals surface area (Å²) in [5.41, 5.74) is 0. The summed E-state index contributed by atoms with van der Waals surface area (Å²) in [6, 6.07) is -1.34. The van der Waals surface area contributed by atoms with E-state index in [-0.39, 0.29) is 30.5 Å². The molecule has 9 heteroatoms. The summed E-state index contributed by atoms with van der Waals surface area (Å²) in [5, 5.41) is 11.6. The highest BCUT2D eigenvalue weighted by Crippen LogP contribution is 2.15. The fourth-order valence-corrected chi connectivity index (χ4v) is 3.94. The Morgan fingerprint density at radius 3 is 2.57 bits per heavy atom. The van der Waals surface area contributed by atoms with E-state index in [1.54, 1.807) is 0 Å². The molecule has 0 saturated carbocycles.